The lowest BCUT2D eigenvalue weighted by Crippen LogP contribution is -2.41. The predicted octanol–water partition coefficient (Wildman–Crippen LogP) is 5.57. The number of rotatable bonds is 6. The molecule has 0 amide bonds. The van der Waals surface area contributed by atoms with Gasteiger partial charge in [0.1, 0.15) is 11.9 Å². The molecule has 3 aromatic rings. The standard InChI is InChI=1S/C29H35F2N5O/c1-29(2,3)34-27-28(36-15-11-22(12-16-36)37-26-10-9-21(30)17-23(26)31)33-25-19-35(14-13-24(25)32-27)18-20-7-5-4-6-8-20/h4-10,17,22H,11-16,18-19H2,1-3H3,(H,32,34). The van der Waals surface area contributed by atoms with Gasteiger partial charge in [-0.15, -0.1) is 0 Å². The lowest BCUT2D eigenvalue weighted by Gasteiger charge is -2.36. The van der Waals surface area contributed by atoms with E-state index in [0.29, 0.717) is 25.9 Å². The molecule has 1 saturated heterocycles. The lowest BCUT2D eigenvalue weighted by atomic mass is 10.1. The van der Waals surface area contributed by atoms with Crippen LogP contribution in [-0.2, 0) is 19.5 Å². The minimum Gasteiger partial charge on any atom is -0.487 e. The van der Waals surface area contributed by atoms with Crippen LogP contribution in [0, 0.1) is 11.6 Å². The number of anilines is 2. The number of fused-ring (bicyclic) bond motifs is 1. The molecule has 1 aromatic heterocycles. The minimum atomic E-state index is -0.667. The first kappa shape index (κ1) is 25.4. The van der Waals surface area contributed by atoms with Crippen LogP contribution in [0.15, 0.2) is 48.5 Å². The fourth-order valence-corrected chi connectivity index (χ4v) is 4.95. The maximum Gasteiger partial charge on any atom is 0.172 e. The van der Waals surface area contributed by atoms with Gasteiger partial charge in [-0.05, 0) is 38.5 Å². The molecule has 0 atom stereocenters. The van der Waals surface area contributed by atoms with Crippen LogP contribution in [0.1, 0.15) is 50.6 Å². The van der Waals surface area contributed by atoms with Gasteiger partial charge in [0, 0.05) is 63.6 Å². The van der Waals surface area contributed by atoms with Crippen LogP contribution in [-0.4, -0.2) is 46.1 Å². The number of hydrogen-bond donors (Lipinski definition) is 1. The Kier molecular flexibility index (Phi) is 7.29. The number of ether oxygens (including phenoxy) is 1. The molecule has 3 heterocycles. The van der Waals surface area contributed by atoms with E-state index in [4.69, 9.17) is 14.7 Å². The lowest BCUT2D eigenvalue weighted by molar-refractivity contribution is 0.163. The second kappa shape index (κ2) is 10.6. The summed E-state index contributed by atoms with van der Waals surface area (Å²) >= 11 is 0. The molecule has 1 N–H and O–H groups in total. The van der Waals surface area contributed by atoms with Crippen molar-refractivity contribution >= 4 is 11.6 Å². The number of halogens is 2. The summed E-state index contributed by atoms with van der Waals surface area (Å²) in [4.78, 5) is 14.9. The zero-order valence-electron chi connectivity index (χ0n) is 21.8. The van der Waals surface area contributed by atoms with Crippen LogP contribution in [0.4, 0.5) is 20.4 Å². The van der Waals surface area contributed by atoms with Gasteiger partial charge in [0.05, 0.1) is 11.4 Å². The zero-order chi connectivity index (χ0) is 26.0. The third-order valence-electron chi connectivity index (χ3n) is 6.74. The summed E-state index contributed by atoms with van der Waals surface area (Å²) in [6.45, 7) is 10.4. The van der Waals surface area contributed by atoms with Crippen molar-refractivity contribution in [3.05, 3.63) is 77.1 Å². The zero-order valence-corrected chi connectivity index (χ0v) is 21.8. The number of nitrogens with zero attached hydrogens (tertiary/aromatic N) is 4. The van der Waals surface area contributed by atoms with E-state index >= 15 is 0 Å². The van der Waals surface area contributed by atoms with Gasteiger partial charge in [0.25, 0.3) is 0 Å². The number of piperidine rings is 1. The molecule has 2 aromatic carbocycles. The van der Waals surface area contributed by atoms with E-state index in [2.05, 4.69) is 60.2 Å². The van der Waals surface area contributed by atoms with Crippen LogP contribution >= 0.6 is 0 Å². The van der Waals surface area contributed by atoms with Crippen molar-refractivity contribution in [3.8, 4) is 5.75 Å². The SMILES string of the molecule is CC(C)(C)Nc1nc2c(nc1N1CCC(Oc3ccc(F)cc3F)CC1)CN(Cc1ccccc1)CC2. The van der Waals surface area contributed by atoms with Crippen molar-refractivity contribution in [1.82, 2.24) is 14.9 Å². The van der Waals surface area contributed by atoms with Gasteiger partial charge in [0.15, 0.2) is 23.2 Å². The third kappa shape index (κ3) is 6.36. The average Bonchev–Trinajstić information content (AvgIpc) is 2.86. The van der Waals surface area contributed by atoms with Crippen molar-refractivity contribution < 1.29 is 13.5 Å². The fourth-order valence-electron chi connectivity index (χ4n) is 4.95. The number of nitrogens with one attached hydrogen (secondary N) is 1. The smallest absolute Gasteiger partial charge is 0.172 e. The van der Waals surface area contributed by atoms with Crippen LogP contribution in [0.2, 0.25) is 0 Å². The molecular weight excluding hydrogens is 472 g/mol. The molecule has 6 nitrogen and oxygen atoms in total. The molecule has 1 fully saturated rings. The Balaban J connectivity index is 1.32. The van der Waals surface area contributed by atoms with Crippen LogP contribution in [0.3, 0.4) is 0 Å². The molecule has 0 bridgehead atoms. The third-order valence-corrected chi connectivity index (χ3v) is 6.74. The summed E-state index contributed by atoms with van der Waals surface area (Å²) in [5.74, 6) is 0.502. The van der Waals surface area contributed by atoms with Crippen molar-refractivity contribution in [2.45, 2.75) is 64.8 Å². The summed E-state index contributed by atoms with van der Waals surface area (Å²) in [5.41, 5.74) is 3.23. The molecule has 37 heavy (non-hydrogen) atoms. The Hall–Kier alpha value is -3.26. The molecule has 2 aliphatic rings. The Labute approximate surface area is 217 Å². The predicted molar refractivity (Wildman–Crippen MR) is 142 cm³/mol. The van der Waals surface area contributed by atoms with E-state index in [1.54, 1.807) is 0 Å². The van der Waals surface area contributed by atoms with Gasteiger partial charge < -0.3 is 15.0 Å². The highest BCUT2D eigenvalue weighted by molar-refractivity contribution is 5.63. The van der Waals surface area contributed by atoms with Gasteiger partial charge in [-0.1, -0.05) is 30.3 Å². The molecule has 0 radical (unpaired) electrons. The van der Waals surface area contributed by atoms with E-state index in [-0.39, 0.29) is 17.4 Å². The number of hydrogen-bond acceptors (Lipinski definition) is 6. The molecule has 0 unspecified atom stereocenters. The largest absolute Gasteiger partial charge is 0.487 e. The van der Waals surface area contributed by atoms with Gasteiger partial charge in [-0.25, -0.2) is 18.7 Å². The second-order valence-electron chi connectivity index (χ2n) is 11.0. The first-order valence-electron chi connectivity index (χ1n) is 13.0. The molecule has 0 spiro atoms. The van der Waals surface area contributed by atoms with Crippen LogP contribution in [0.5, 0.6) is 5.75 Å². The van der Waals surface area contributed by atoms with E-state index in [1.165, 1.54) is 17.7 Å². The van der Waals surface area contributed by atoms with Gasteiger partial charge in [-0.3, -0.25) is 4.90 Å². The summed E-state index contributed by atoms with van der Waals surface area (Å²) in [5, 5.41) is 3.57. The van der Waals surface area contributed by atoms with E-state index in [0.717, 1.165) is 55.1 Å². The highest BCUT2D eigenvalue weighted by atomic mass is 19.1. The molecule has 5 rings (SSSR count). The number of benzene rings is 2. The summed E-state index contributed by atoms with van der Waals surface area (Å²) in [6.07, 6.45) is 2.16. The molecule has 8 heteroatoms. The highest BCUT2D eigenvalue weighted by Gasteiger charge is 2.29. The van der Waals surface area contributed by atoms with Gasteiger partial charge in [-0.2, -0.15) is 0 Å². The quantitative estimate of drug-likeness (QED) is 0.471. The topological polar surface area (TPSA) is 53.5 Å². The monoisotopic (exact) mass is 507 g/mol. The average molecular weight is 508 g/mol. The van der Waals surface area contributed by atoms with Crippen molar-refractivity contribution in [2.75, 3.05) is 29.9 Å². The van der Waals surface area contributed by atoms with Crippen molar-refractivity contribution in [1.29, 1.82) is 0 Å². The van der Waals surface area contributed by atoms with Crippen molar-refractivity contribution in [3.63, 3.8) is 0 Å². The maximum atomic E-state index is 14.1. The van der Waals surface area contributed by atoms with E-state index in [9.17, 15) is 8.78 Å². The second-order valence-corrected chi connectivity index (χ2v) is 11.0. The Morgan fingerprint density at radius 1 is 0.973 bits per heavy atom. The van der Waals surface area contributed by atoms with Gasteiger partial charge in [0.2, 0.25) is 0 Å². The van der Waals surface area contributed by atoms with E-state index < -0.39 is 11.6 Å². The molecule has 0 saturated carbocycles. The molecule has 196 valence electrons. The Morgan fingerprint density at radius 2 is 1.73 bits per heavy atom. The number of aromatic nitrogens is 2. The maximum absolute atomic E-state index is 14.1. The van der Waals surface area contributed by atoms with E-state index in [1.807, 2.05) is 6.07 Å². The molecule has 2 aliphatic heterocycles. The Morgan fingerprint density at radius 3 is 2.43 bits per heavy atom. The normalized spacial score (nSPS) is 16.9. The Bertz CT molecular complexity index is 1220. The molecule has 0 aliphatic carbocycles. The highest BCUT2D eigenvalue weighted by Crippen LogP contribution is 2.32. The first-order chi connectivity index (χ1) is 17.7. The van der Waals surface area contributed by atoms with Crippen LogP contribution in [0.25, 0.3) is 0 Å². The van der Waals surface area contributed by atoms with Crippen molar-refractivity contribution in [2.24, 2.45) is 0 Å². The molecular formula is C29H35F2N5O. The van der Waals surface area contributed by atoms with Crippen LogP contribution < -0.4 is 15.0 Å². The summed E-state index contributed by atoms with van der Waals surface area (Å²) < 4.78 is 33.2. The summed E-state index contributed by atoms with van der Waals surface area (Å²) in [7, 11) is 0. The fraction of sp³-hybridized carbons (Fsp3) is 0.448. The first-order valence-corrected chi connectivity index (χ1v) is 13.0. The minimum absolute atomic E-state index is 0.0991. The summed E-state index contributed by atoms with van der Waals surface area (Å²) in [6, 6.07) is 14.0. The van der Waals surface area contributed by atoms with Gasteiger partial charge >= 0.3 is 0 Å².